The molecule has 0 atom stereocenters. The van der Waals surface area contributed by atoms with Crippen LogP contribution in [0.3, 0.4) is 0 Å². The van der Waals surface area contributed by atoms with Gasteiger partial charge < -0.3 is 14.9 Å². The highest BCUT2D eigenvalue weighted by molar-refractivity contribution is 7.89. The van der Waals surface area contributed by atoms with E-state index in [0.29, 0.717) is 39.0 Å². The molecule has 2 aliphatic heterocycles. The molecule has 2 aliphatic rings. The summed E-state index contributed by atoms with van der Waals surface area (Å²) >= 11 is 5.97. The Bertz CT molecular complexity index is 1140. The summed E-state index contributed by atoms with van der Waals surface area (Å²) in [5.74, 6) is -0.592. The van der Waals surface area contributed by atoms with Crippen LogP contribution in [0.15, 0.2) is 47.5 Å². The van der Waals surface area contributed by atoms with E-state index >= 15 is 0 Å². The number of nitrogens with zero attached hydrogens (tertiary/aromatic N) is 4. The smallest absolute Gasteiger partial charge is 0.257 e. The molecule has 1 aromatic heterocycles. The first kappa shape index (κ1) is 23.5. The molecule has 0 spiro atoms. The van der Waals surface area contributed by atoms with E-state index in [4.69, 9.17) is 11.6 Å². The quantitative estimate of drug-likeness (QED) is 0.652. The molecule has 4 rings (SSSR count). The zero-order valence-corrected chi connectivity index (χ0v) is 19.5. The number of amides is 2. The Morgan fingerprint density at radius 3 is 2.21 bits per heavy atom. The largest absolute Gasteiger partial charge is 0.507 e. The third-order valence-electron chi connectivity index (χ3n) is 6.16. The van der Waals surface area contributed by atoms with Gasteiger partial charge in [-0.25, -0.2) is 13.4 Å². The second-order valence-electron chi connectivity index (χ2n) is 8.11. The van der Waals surface area contributed by atoms with Crippen LogP contribution in [0.2, 0.25) is 5.15 Å². The maximum atomic E-state index is 13.0. The topological polar surface area (TPSA) is 111 Å². The SMILES string of the molecule is O=C(c1ccccc1O)N1CCN(C(=O)C2CCN(S(=O)(=O)c3cccnc3Cl)CC2)CC1. The Balaban J connectivity index is 1.31. The maximum Gasteiger partial charge on any atom is 0.257 e. The summed E-state index contributed by atoms with van der Waals surface area (Å²) in [6.45, 7) is 2.03. The molecule has 11 heteroatoms. The summed E-state index contributed by atoms with van der Waals surface area (Å²) in [6, 6.07) is 9.36. The number of carbonyl (C=O) groups excluding carboxylic acids is 2. The second kappa shape index (κ2) is 9.66. The highest BCUT2D eigenvalue weighted by atomic mass is 35.5. The number of piperidine rings is 1. The van der Waals surface area contributed by atoms with E-state index < -0.39 is 10.0 Å². The first-order valence-corrected chi connectivity index (χ1v) is 12.6. The fourth-order valence-electron chi connectivity index (χ4n) is 4.26. The molecule has 0 saturated carbocycles. The Labute approximate surface area is 197 Å². The van der Waals surface area contributed by atoms with Crippen LogP contribution in [0.5, 0.6) is 5.75 Å². The molecule has 2 amide bonds. The van der Waals surface area contributed by atoms with Crippen molar-refractivity contribution in [3.8, 4) is 5.75 Å². The van der Waals surface area contributed by atoms with Crippen molar-refractivity contribution in [2.24, 2.45) is 5.92 Å². The summed E-state index contributed by atoms with van der Waals surface area (Å²) < 4.78 is 27.1. The van der Waals surface area contributed by atoms with Crippen LogP contribution in [0, 0.1) is 5.92 Å². The van der Waals surface area contributed by atoms with Gasteiger partial charge in [0, 0.05) is 51.4 Å². The van der Waals surface area contributed by atoms with Crippen LogP contribution in [0.25, 0.3) is 0 Å². The standard InChI is InChI=1S/C22H25ClN4O5S/c23-20-19(6-3-9-24-20)33(31,32)27-10-7-16(8-11-27)21(29)25-12-14-26(15-13-25)22(30)17-4-1-2-5-18(17)28/h1-6,9,16,28H,7-8,10-15H2. The third-order valence-corrected chi connectivity index (χ3v) is 8.50. The van der Waals surface area contributed by atoms with Crippen molar-refractivity contribution >= 4 is 33.4 Å². The van der Waals surface area contributed by atoms with Crippen LogP contribution in [0.4, 0.5) is 0 Å². The van der Waals surface area contributed by atoms with E-state index in [1.54, 1.807) is 28.0 Å². The van der Waals surface area contributed by atoms with Gasteiger partial charge in [-0.1, -0.05) is 23.7 Å². The van der Waals surface area contributed by atoms with Gasteiger partial charge in [0.2, 0.25) is 15.9 Å². The van der Waals surface area contributed by atoms with Crippen molar-refractivity contribution in [3.05, 3.63) is 53.3 Å². The number of hydrogen-bond donors (Lipinski definition) is 1. The van der Waals surface area contributed by atoms with E-state index in [-0.39, 0.29) is 52.2 Å². The van der Waals surface area contributed by atoms with E-state index in [2.05, 4.69) is 4.98 Å². The van der Waals surface area contributed by atoms with Crippen molar-refractivity contribution in [1.29, 1.82) is 0 Å². The first-order valence-electron chi connectivity index (χ1n) is 10.8. The molecular weight excluding hydrogens is 468 g/mol. The maximum absolute atomic E-state index is 13.0. The number of benzene rings is 1. The van der Waals surface area contributed by atoms with Gasteiger partial charge in [-0.2, -0.15) is 4.31 Å². The number of sulfonamides is 1. The Hall–Kier alpha value is -2.69. The van der Waals surface area contributed by atoms with E-state index in [1.807, 2.05) is 0 Å². The summed E-state index contributed by atoms with van der Waals surface area (Å²) in [6.07, 6.45) is 2.28. The lowest BCUT2D eigenvalue weighted by Crippen LogP contribution is -2.53. The number of phenolic OH excluding ortho intramolecular Hbond substituents is 1. The van der Waals surface area contributed by atoms with E-state index in [9.17, 15) is 23.1 Å². The molecule has 2 aromatic rings. The molecular formula is C22H25ClN4O5S. The van der Waals surface area contributed by atoms with E-state index in [1.165, 1.54) is 28.7 Å². The lowest BCUT2D eigenvalue weighted by molar-refractivity contribution is -0.138. The van der Waals surface area contributed by atoms with Crippen LogP contribution in [0.1, 0.15) is 23.2 Å². The number of carbonyl (C=O) groups is 2. The Morgan fingerprint density at radius 1 is 0.939 bits per heavy atom. The van der Waals surface area contributed by atoms with Crippen LogP contribution < -0.4 is 0 Å². The molecule has 0 bridgehead atoms. The number of phenols is 1. The number of piperazine rings is 1. The lowest BCUT2D eigenvalue weighted by Gasteiger charge is -2.38. The van der Waals surface area contributed by atoms with Gasteiger partial charge >= 0.3 is 0 Å². The van der Waals surface area contributed by atoms with Gasteiger partial charge in [-0.3, -0.25) is 9.59 Å². The average Bonchev–Trinajstić information content (AvgIpc) is 2.84. The lowest BCUT2D eigenvalue weighted by atomic mass is 9.96. The molecule has 0 unspecified atom stereocenters. The molecule has 0 aliphatic carbocycles. The van der Waals surface area contributed by atoms with Gasteiger partial charge in [-0.05, 0) is 37.1 Å². The minimum Gasteiger partial charge on any atom is -0.507 e. The minimum atomic E-state index is -3.76. The first-order chi connectivity index (χ1) is 15.8. The predicted octanol–water partition coefficient (Wildman–Crippen LogP) is 1.83. The summed E-state index contributed by atoms with van der Waals surface area (Å²) in [5, 5.41) is 9.86. The monoisotopic (exact) mass is 492 g/mol. The average molecular weight is 493 g/mol. The third kappa shape index (κ3) is 4.83. The Kier molecular flexibility index (Phi) is 6.87. The Morgan fingerprint density at radius 2 is 1.58 bits per heavy atom. The highest BCUT2D eigenvalue weighted by Crippen LogP contribution is 2.28. The number of aromatic hydroxyl groups is 1. The summed E-state index contributed by atoms with van der Waals surface area (Å²) in [5.41, 5.74) is 0.250. The van der Waals surface area contributed by atoms with Gasteiger partial charge in [0.25, 0.3) is 5.91 Å². The van der Waals surface area contributed by atoms with Crippen molar-refractivity contribution in [1.82, 2.24) is 19.1 Å². The molecule has 33 heavy (non-hydrogen) atoms. The number of halogens is 1. The molecule has 176 valence electrons. The molecule has 1 N–H and O–H groups in total. The molecule has 9 nitrogen and oxygen atoms in total. The number of rotatable bonds is 4. The highest BCUT2D eigenvalue weighted by Gasteiger charge is 2.36. The fraction of sp³-hybridized carbons (Fsp3) is 0.409. The fourth-order valence-corrected chi connectivity index (χ4v) is 6.16. The van der Waals surface area contributed by atoms with Gasteiger partial charge in [-0.15, -0.1) is 0 Å². The zero-order valence-electron chi connectivity index (χ0n) is 17.9. The predicted molar refractivity (Wildman–Crippen MR) is 121 cm³/mol. The van der Waals surface area contributed by atoms with Crippen molar-refractivity contribution < 1.29 is 23.1 Å². The number of para-hydroxylation sites is 1. The molecule has 3 heterocycles. The van der Waals surface area contributed by atoms with Crippen LogP contribution in [-0.2, 0) is 14.8 Å². The van der Waals surface area contributed by atoms with Crippen molar-refractivity contribution in [2.45, 2.75) is 17.7 Å². The van der Waals surface area contributed by atoms with Gasteiger partial charge in [0.1, 0.15) is 15.8 Å². The molecule has 2 fully saturated rings. The molecule has 2 saturated heterocycles. The summed E-state index contributed by atoms with van der Waals surface area (Å²) in [7, 11) is -3.76. The van der Waals surface area contributed by atoms with Crippen molar-refractivity contribution in [3.63, 3.8) is 0 Å². The molecule has 1 aromatic carbocycles. The number of hydrogen-bond acceptors (Lipinski definition) is 6. The normalized spacial score (nSPS) is 18.3. The molecule has 0 radical (unpaired) electrons. The van der Waals surface area contributed by atoms with Gasteiger partial charge in [0.15, 0.2) is 0 Å². The van der Waals surface area contributed by atoms with Crippen molar-refractivity contribution in [2.75, 3.05) is 39.3 Å². The van der Waals surface area contributed by atoms with Crippen LogP contribution in [-0.4, -0.2) is 83.7 Å². The second-order valence-corrected chi connectivity index (χ2v) is 10.4. The number of pyridine rings is 1. The van der Waals surface area contributed by atoms with Crippen LogP contribution >= 0.6 is 11.6 Å². The summed E-state index contributed by atoms with van der Waals surface area (Å²) in [4.78, 5) is 32.9. The van der Waals surface area contributed by atoms with E-state index in [0.717, 1.165) is 0 Å². The van der Waals surface area contributed by atoms with Gasteiger partial charge in [0.05, 0.1) is 5.56 Å². The number of aromatic nitrogens is 1. The zero-order chi connectivity index (χ0) is 23.6. The minimum absolute atomic E-state index is 0.0129.